The summed E-state index contributed by atoms with van der Waals surface area (Å²) >= 11 is 0. The van der Waals surface area contributed by atoms with Crippen LogP contribution in [0.15, 0.2) is 0 Å². The van der Waals surface area contributed by atoms with Crippen LogP contribution < -0.4 is 62.0 Å². The number of hydrogen-bond acceptors (Lipinski definition) is 0. The van der Waals surface area contributed by atoms with E-state index in [0.29, 0.717) is 0 Å². The van der Waals surface area contributed by atoms with Gasteiger partial charge in [-0.3, -0.25) is 0 Å². The van der Waals surface area contributed by atoms with Gasteiger partial charge in [0.1, 0.15) is 0 Å². The molecule has 95 valence electrons. The molecule has 0 atom stereocenters. The van der Waals surface area contributed by atoms with Gasteiger partial charge in [-0.25, -0.2) is 0 Å². The summed E-state index contributed by atoms with van der Waals surface area (Å²) < 4.78 is 0. The SMILES string of the molecule is [Cl-].[Cl-].[Cl-].[Cl-].[Cl-].[Fe+3].[Fe+3].[Fe+3].[Mg+2].[Mg+2].[Mg+2].[O-2].[O-2].[O-2].[O-2].[O-2]. The van der Waals surface area contributed by atoms with Crippen molar-refractivity contribution in [1.82, 2.24) is 0 Å². The zero-order valence-corrected chi connectivity index (χ0v) is 18.4. The van der Waals surface area contributed by atoms with Crippen LogP contribution in [0.1, 0.15) is 0 Å². The van der Waals surface area contributed by atoms with Gasteiger partial charge in [-0.2, -0.15) is 0 Å². The van der Waals surface area contributed by atoms with E-state index < -0.39 is 0 Å². The van der Waals surface area contributed by atoms with Crippen LogP contribution in [-0.2, 0) is 78.6 Å². The van der Waals surface area contributed by atoms with Gasteiger partial charge in [0.25, 0.3) is 0 Å². The summed E-state index contributed by atoms with van der Waals surface area (Å²) in [6.07, 6.45) is 0. The van der Waals surface area contributed by atoms with Gasteiger partial charge in [0.15, 0.2) is 0 Å². The Hall–Kier alpha value is 5.11. The summed E-state index contributed by atoms with van der Waals surface area (Å²) in [6.45, 7) is 0. The molecule has 0 aliphatic heterocycles. The van der Waals surface area contributed by atoms with Gasteiger partial charge < -0.3 is 89.4 Å². The van der Waals surface area contributed by atoms with Crippen LogP contribution in [0.5, 0.6) is 0 Å². The van der Waals surface area contributed by atoms with Gasteiger partial charge in [-0.15, -0.1) is 0 Å². The largest absolute Gasteiger partial charge is 3.00 e. The summed E-state index contributed by atoms with van der Waals surface area (Å²) in [5.41, 5.74) is 0. The van der Waals surface area contributed by atoms with Gasteiger partial charge >= 0.3 is 120 Å². The van der Waals surface area contributed by atoms with E-state index in [2.05, 4.69) is 0 Å². The fraction of sp³-hybridized carbons (Fsp3) is 0. The average molecular weight is 498 g/mol. The molecule has 0 saturated carbocycles. The molecule has 0 fully saturated rings. The van der Waals surface area contributed by atoms with Gasteiger partial charge in [-0.1, -0.05) is 0 Å². The maximum atomic E-state index is 0. The maximum Gasteiger partial charge on any atom is 3.00 e. The molecule has 3 radical (unpaired) electrons. The van der Waals surface area contributed by atoms with Crippen molar-refractivity contribution in [3.05, 3.63) is 0 Å². The monoisotopic (exact) mass is 495 g/mol. The Morgan fingerprint density at radius 2 is 0.250 bits per heavy atom. The van der Waals surface area contributed by atoms with E-state index in [1.807, 2.05) is 0 Å². The number of halogens is 5. The van der Waals surface area contributed by atoms with Crippen LogP contribution in [0.2, 0.25) is 0 Å². The quantitative estimate of drug-likeness (QED) is 0.293. The molecule has 0 saturated heterocycles. The first kappa shape index (κ1) is 327. The summed E-state index contributed by atoms with van der Waals surface area (Å²) in [6, 6.07) is 0. The van der Waals surface area contributed by atoms with E-state index >= 15 is 0 Å². The topological polar surface area (TPSA) is 142 Å². The zero-order chi connectivity index (χ0) is 0. The molecule has 0 aromatic carbocycles. The van der Waals surface area contributed by atoms with Crippen molar-refractivity contribution in [2.24, 2.45) is 0 Å². The first-order valence-corrected chi connectivity index (χ1v) is 0. The van der Waals surface area contributed by atoms with Crippen LogP contribution in [0.25, 0.3) is 0 Å². The molecule has 0 N–H and O–H groups in total. The molecule has 16 heteroatoms. The molecule has 0 heterocycles. The fourth-order valence-corrected chi connectivity index (χ4v) is 0. The molecule has 0 rings (SSSR count). The first-order chi connectivity index (χ1) is 0. The van der Waals surface area contributed by atoms with Gasteiger partial charge in [0.05, 0.1) is 0 Å². The minimum absolute atomic E-state index is 0. The molecule has 0 spiro atoms. The second-order valence-electron chi connectivity index (χ2n) is 0. The zero-order valence-electron chi connectivity index (χ0n) is 7.11. The number of rotatable bonds is 0. The average Bonchev–Trinajstić information content (AvgIpc) is 0. The molecule has 0 unspecified atom stereocenters. The summed E-state index contributed by atoms with van der Waals surface area (Å²) in [5.74, 6) is 0. The van der Waals surface area contributed by atoms with Crippen LogP contribution in [0, 0.1) is 0 Å². The van der Waals surface area contributed by atoms with E-state index in [9.17, 15) is 0 Å². The predicted molar refractivity (Wildman–Crippen MR) is 20.7 cm³/mol. The van der Waals surface area contributed by atoms with E-state index in [4.69, 9.17) is 0 Å². The smallest absolute Gasteiger partial charge is 2.00 e. The minimum Gasteiger partial charge on any atom is -2.00 e. The molecule has 0 aromatic rings. The van der Waals surface area contributed by atoms with Crippen molar-refractivity contribution >= 4 is 69.2 Å². The molecule has 0 amide bonds. The van der Waals surface area contributed by atoms with Gasteiger partial charge in [-0.05, 0) is 0 Å². The third-order valence-electron chi connectivity index (χ3n) is 0. The molecule has 16 heavy (non-hydrogen) atoms. The Bertz CT molecular complexity index is 31.3. The summed E-state index contributed by atoms with van der Waals surface area (Å²) in [7, 11) is 0. The van der Waals surface area contributed by atoms with Crippen molar-refractivity contribution in [3.63, 3.8) is 0 Å². The predicted octanol–water partition coefficient (Wildman–Crippen LogP) is -16.7. The van der Waals surface area contributed by atoms with E-state index in [1.165, 1.54) is 0 Å². The van der Waals surface area contributed by atoms with Crippen molar-refractivity contribution in [2.45, 2.75) is 0 Å². The van der Waals surface area contributed by atoms with Crippen LogP contribution in [0.4, 0.5) is 0 Å². The Kier molecular flexibility index (Phi) is 5750. The molecular formula is Cl5Fe3Mg3O5. The second kappa shape index (κ2) is 281. The Morgan fingerprint density at radius 3 is 0.250 bits per heavy atom. The van der Waals surface area contributed by atoms with Crippen LogP contribution in [0.3, 0.4) is 0 Å². The molecule has 0 aliphatic rings. The van der Waals surface area contributed by atoms with Crippen LogP contribution in [-0.4, -0.2) is 69.2 Å². The first-order valence-electron chi connectivity index (χ1n) is 0. The van der Waals surface area contributed by atoms with Crippen molar-refractivity contribution in [3.8, 4) is 0 Å². The normalized spacial score (nSPS) is 0. The summed E-state index contributed by atoms with van der Waals surface area (Å²) in [5, 5.41) is 0. The maximum absolute atomic E-state index is 0. The van der Waals surface area contributed by atoms with E-state index in [0.717, 1.165) is 0 Å². The van der Waals surface area contributed by atoms with Gasteiger partial charge in [0.2, 0.25) is 0 Å². The van der Waals surface area contributed by atoms with Gasteiger partial charge in [0, 0.05) is 0 Å². The van der Waals surface area contributed by atoms with Crippen molar-refractivity contribution < 1.29 is 141 Å². The molecule has 0 aliphatic carbocycles. The van der Waals surface area contributed by atoms with Crippen molar-refractivity contribution in [1.29, 1.82) is 0 Å². The standard InChI is InChI=1S/5ClH.3Fe.3Mg.5O/h5*1H;;;;;;;;;;;/q;;;;;3*+3;3*+2;5*-2/p-5. The van der Waals surface area contributed by atoms with E-state index in [1.54, 1.807) is 0 Å². The molecular weight excluding hydrogens is 498 g/mol. The number of hydrogen-bond donors (Lipinski definition) is 0. The third-order valence-corrected chi connectivity index (χ3v) is 0. The summed E-state index contributed by atoms with van der Waals surface area (Å²) in [4.78, 5) is 0. The second-order valence-corrected chi connectivity index (χ2v) is 0. The Labute approximate surface area is 206 Å². The Balaban J connectivity index is 0. The van der Waals surface area contributed by atoms with Crippen LogP contribution >= 0.6 is 0 Å². The third kappa shape index (κ3) is 240. The molecule has 0 aromatic heterocycles. The molecule has 5 nitrogen and oxygen atoms in total. The Morgan fingerprint density at radius 1 is 0.250 bits per heavy atom. The van der Waals surface area contributed by atoms with E-state index in [-0.39, 0.29) is 210 Å². The minimum atomic E-state index is 0. The van der Waals surface area contributed by atoms with Crippen molar-refractivity contribution in [2.75, 3.05) is 0 Å². The molecule has 0 bridgehead atoms. The fourth-order valence-electron chi connectivity index (χ4n) is 0.